The fraction of sp³-hybridized carbons (Fsp3) is 0.429. The minimum Gasteiger partial charge on any atom is -0.357 e. The molecule has 116 valence electrons. The Morgan fingerprint density at radius 3 is 2.81 bits per heavy atom. The van der Waals surface area contributed by atoms with Gasteiger partial charge in [-0.15, -0.1) is 46.7 Å². The Balaban J connectivity index is 0.00000220. The highest BCUT2D eigenvalue weighted by atomic mass is 127. The van der Waals surface area contributed by atoms with Crippen molar-refractivity contribution in [1.29, 1.82) is 0 Å². The predicted octanol–water partition coefficient (Wildman–Crippen LogP) is 3.43. The van der Waals surface area contributed by atoms with Gasteiger partial charge in [-0.3, -0.25) is 0 Å². The molecule has 0 aromatic carbocycles. The van der Waals surface area contributed by atoms with Crippen molar-refractivity contribution >= 4 is 52.6 Å². The lowest BCUT2D eigenvalue weighted by Crippen LogP contribution is -2.38. The van der Waals surface area contributed by atoms with E-state index in [9.17, 15) is 0 Å². The molecule has 21 heavy (non-hydrogen) atoms. The van der Waals surface area contributed by atoms with E-state index in [1.165, 1.54) is 9.75 Å². The molecule has 0 atom stereocenters. The second-order valence-electron chi connectivity index (χ2n) is 4.30. The van der Waals surface area contributed by atoms with Crippen LogP contribution >= 0.6 is 46.7 Å². The zero-order chi connectivity index (χ0) is 14.2. The van der Waals surface area contributed by atoms with Crippen molar-refractivity contribution in [2.45, 2.75) is 26.8 Å². The van der Waals surface area contributed by atoms with Gasteiger partial charge >= 0.3 is 0 Å². The third-order valence-electron chi connectivity index (χ3n) is 2.65. The zero-order valence-corrected chi connectivity index (χ0v) is 16.2. The van der Waals surface area contributed by atoms with Gasteiger partial charge in [-0.2, -0.15) is 0 Å². The van der Waals surface area contributed by atoms with E-state index < -0.39 is 0 Å². The Labute approximate surface area is 151 Å². The lowest BCUT2D eigenvalue weighted by Gasteiger charge is -2.10. The molecule has 0 aliphatic rings. The fourth-order valence-corrected chi connectivity index (χ4v) is 3.16. The predicted molar refractivity (Wildman–Crippen MR) is 103 cm³/mol. The van der Waals surface area contributed by atoms with Gasteiger partial charge in [0.15, 0.2) is 5.96 Å². The van der Waals surface area contributed by atoms with Crippen molar-refractivity contribution in [2.24, 2.45) is 4.99 Å². The van der Waals surface area contributed by atoms with Crippen LogP contribution in [0.25, 0.3) is 0 Å². The second kappa shape index (κ2) is 10.1. The lowest BCUT2D eigenvalue weighted by molar-refractivity contribution is 0.806. The van der Waals surface area contributed by atoms with E-state index in [1.54, 1.807) is 22.7 Å². The van der Waals surface area contributed by atoms with Crippen LogP contribution in [0.1, 0.15) is 21.7 Å². The van der Waals surface area contributed by atoms with Gasteiger partial charge in [-0.05, 0) is 31.7 Å². The quantitative estimate of drug-likeness (QED) is 0.415. The van der Waals surface area contributed by atoms with Crippen molar-refractivity contribution in [3.8, 4) is 0 Å². The van der Waals surface area contributed by atoms with E-state index in [0.717, 1.165) is 30.5 Å². The summed E-state index contributed by atoms with van der Waals surface area (Å²) in [7, 11) is 0. The Morgan fingerprint density at radius 2 is 2.19 bits per heavy atom. The molecule has 2 aromatic heterocycles. The third kappa shape index (κ3) is 6.75. The SMILES string of the molecule is CCNC(=NCc1cnc(C)s1)NCCc1cccs1.I. The molecule has 2 N–H and O–H groups in total. The van der Waals surface area contributed by atoms with E-state index >= 15 is 0 Å². The van der Waals surface area contributed by atoms with Crippen molar-refractivity contribution in [3.05, 3.63) is 38.5 Å². The van der Waals surface area contributed by atoms with Crippen molar-refractivity contribution in [2.75, 3.05) is 13.1 Å². The molecule has 0 aliphatic carbocycles. The maximum Gasteiger partial charge on any atom is 0.191 e. The minimum absolute atomic E-state index is 0. The zero-order valence-electron chi connectivity index (χ0n) is 12.3. The van der Waals surface area contributed by atoms with Gasteiger partial charge in [0.2, 0.25) is 0 Å². The van der Waals surface area contributed by atoms with Gasteiger partial charge < -0.3 is 10.6 Å². The third-order valence-corrected chi connectivity index (χ3v) is 4.48. The van der Waals surface area contributed by atoms with Gasteiger partial charge in [0.05, 0.1) is 11.6 Å². The molecule has 0 bridgehead atoms. The number of hydrogen-bond donors (Lipinski definition) is 2. The number of thiazole rings is 1. The van der Waals surface area contributed by atoms with Crippen LogP contribution < -0.4 is 10.6 Å². The maximum atomic E-state index is 4.58. The standard InChI is InChI=1S/C14H20N4S2.HI/c1-3-15-14(16-7-6-12-5-4-8-19-12)18-10-13-9-17-11(2)20-13;/h4-5,8-9H,3,6-7,10H2,1-2H3,(H2,15,16,18);1H. The van der Waals surface area contributed by atoms with E-state index in [4.69, 9.17) is 0 Å². The number of aryl methyl sites for hydroxylation is 1. The average molecular weight is 436 g/mol. The monoisotopic (exact) mass is 436 g/mol. The van der Waals surface area contributed by atoms with Gasteiger partial charge in [-0.1, -0.05) is 6.07 Å². The summed E-state index contributed by atoms with van der Waals surface area (Å²) < 4.78 is 0. The highest BCUT2D eigenvalue weighted by molar-refractivity contribution is 14.0. The molecule has 0 unspecified atom stereocenters. The number of thiophene rings is 1. The van der Waals surface area contributed by atoms with Gasteiger partial charge in [0.1, 0.15) is 0 Å². The first-order valence-electron chi connectivity index (χ1n) is 6.74. The van der Waals surface area contributed by atoms with E-state index in [1.807, 2.05) is 13.1 Å². The molecule has 2 aromatic rings. The Morgan fingerprint density at radius 1 is 1.33 bits per heavy atom. The van der Waals surface area contributed by atoms with E-state index in [-0.39, 0.29) is 24.0 Å². The summed E-state index contributed by atoms with van der Waals surface area (Å²) in [6.07, 6.45) is 2.93. The van der Waals surface area contributed by atoms with Gasteiger partial charge in [-0.25, -0.2) is 9.98 Å². The summed E-state index contributed by atoms with van der Waals surface area (Å²) >= 11 is 3.49. The average Bonchev–Trinajstić information content (AvgIpc) is 3.07. The number of aromatic nitrogens is 1. The molecule has 0 aliphatic heterocycles. The molecule has 0 saturated carbocycles. The number of hydrogen-bond acceptors (Lipinski definition) is 4. The number of guanidine groups is 1. The number of nitrogens with zero attached hydrogens (tertiary/aromatic N) is 2. The van der Waals surface area contributed by atoms with Crippen molar-refractivity contribution in [3.63, 3.8) is 0 Å². The van der Waals surface area contributed by atoms with Crippen LogP contribution in [0.4, 0.5) is 0 Å². The minimum atomic E-state index is 0. The molecule has 4 nitrogen and oxygen atoms in total. The Bertz CT molecular complexity index is 537. The Hall–Kier alpha value is -0.670. The molecule has 2 rings (SSSR count). The smallest absolute Gasteiger partial charge is 0.191 e. The summed E-state index contributed by atoms with van der Waals surface area (Å²) in [5.41, 5.74) is 0. The van der Waals surface area contributed by atoms with Crippen LogP contribution in [0.15, 0.2) is 28.7 Å². The first-order valence-corrected chi connectivity index (χ1v) is 8.43. The first kappa shape index (κ1) is 18.4. The fourth-order valence-electron chi connectivity index (χ4n) is 1.74. The summed E-state index contributed by atoms with van der Waals surface area (Å²) in [5, 5.41) is 9.83. The molecule has 0 amide bonds. The summed E-state index contributed by atoms with van der Waals surface area (Å²) in [4.78, 5) is 11.4. The molecule has 0 saturated heterocycles. The van der Waals surface area contributed by atoms with Crippen LogP contribution in [0, 0.1) is 6.92 Å². The summed E-state index contributed by atoms with van der Waals surface area (Å²) in [6.45, 7) is 6.54. The van der Waals surface area contributed by atoms with Crippen LogP contribution in [0.5, 0.6) is 0 Å². The van der Waals surface area contributed by atoms with Gasteiger partial charge in [0, 0.05) is 29.0 Å². The number of rotatable bonds is 6. The van der Waals surface area contributed by atoms with Crippen LogP contribution in [-0.2, 0) is 13.0 Å². The van der Waals surface area contributed by atoms with Crippen LogP contribution in [0.2, 0.25) is 0 Å². The summed E-state index contributed by atoms with van der Waals surface area (Å²) in [6, 6.07) is 4.25. The molecule has 7 heteroatoms. The normalized spacial score (nSPS) is 11.0. The maximum absolute atomic E-state index is 4.58. The molecule has 0 spiro atoms. The van der Waals surface area contributed by atoms with Crippen molar-refractivity contribution < 1.29 is 0 Å². The molecule has 0 fully saturated rings. The summed E-state index contributed by atoms with van der Waals surface area (Å²) in [5.74, 6) is 0.870. The largest absolute Gasteiger partial charge is 0.357 e. The molecule has 0 radical (unpaired) electrons. The Kier molecular flexibility index (Phi) is 8.86. The number of halogens is 1. The van der Waals surface area contributed by atoms with Gasteiger partial charge in [0.25, 0.3) is 0 Å². The molecule has 2 heterocycles. The highest BCUT2D eigenvalue weighted by Crippen LogP contribution is 2.12. The molecular weight excluding hydrogens is 415 g/mol. The van der Waals surface area contributed by atoms with Crippen molar-refractivity contribution in [1.82, 2.24) is 15.6 Å². The van der Waals surface area contributed by atoms with E-state index in [2.05, 4.69) is 45.0 Å². The molecular formula is C14H21IN4S2. The number of aliphatic imine (C=N–C) groups is 1. The van der Waals surface area contributed by atoms with Crippen LogP contribution in [0.3, 0.4) is 0 Å². The number of nitrogens with one attached hydrogen (secondary N) is 2. The topological polar surface area (TPSA) is 49.3 Å². The van der Waals surface area contributed by atoms with Crippen LogP contribution in [-0.4, -0.2) is 24.0 Å². The first-order chi connectivity index (χ1) is 9.78. The van der Waals surface area contributed by atoms with E-state index in [0.29, 0.717) is 6.54 Å². The lowest BCUT2D eigenvalue weighted by atomic mass is 10.3. The highest BCUT2D eigenvalue weighted by Gasteiger charge is 2.00. The second-order valence-corrected chi connectivity index (χ2v) is 6.65.